The number of nitrogens with zero attached hydrogens (tertiary/aromatic N) is 1. The van der Waals surface area contributed by atoms with Crippen LogP contribution in [0.4, 0.5) is 10.1 Å². The van der Waals surface area contributed by atoms with E-state index in [-0.39, 0.29) is 23.3 Å². The van der Waals surface area contributed by atoms with Crippen LogP contribution in [0.1, 0.15) is 5.56 Å². The van der Waals surface area contributed by atoms with Crippen LogP contribution in [0.3, 0.4) is 0 Å². The van der Waals surface area contributed by atoms with Crippen molar-refractivity contribution in [1.82, 2.24) is 0 Å². The first-order chi connectivity index (χ1) is 10.1. The van der Waals surface area contributed by atoms with Gasteiger partial charge in [-0.3, -0.25) is 4.79 Å². The Morgan fingerprint density at radius 3 is 2.62 bits per heavy atom. The van der Waals surface area contributed by atoms with E-state index in [0.29, 0.717) is 11.3 Å². The lowest BCUT2D eigenvalue weighted by atomic mass is 10.2. The first-order valence-electron chi connectivity index (χ1n) is 5.96. The molecule has 0 bridgehead atoms. The summed E-state index contributed by atoms with van der Waals surface area (Å²) in [6, 6.07) is 12.0. The van der Waals surface area contributed by atoms with Crippen molar-refractivity contribution in [3.8, 4) is 11.8 Å². The third-order valence-corrected chi connectivity index (χ3v) is 2.85. The molecule has 0 saturated carbocycles. The molecule has 4 nitrogen and oxygen atoms in total. The maximum atomic E-state index is 12.9. The molecule has 2 aromatic rings. The van der Waals surface area contributed by atoms with Crippen LogP contribution in [0.2, 0.25) is 5.02 Å². The molecular weight excluding hydrogens is 295 g/mol. The Kier molecular flexibility index (Phi) is 4.75. The van der Waals surface area contributed by atoms with Crippen LogP contribution in [-0.4, -0.2) is 12.5 Å². The summed E-state index contributed by atoms with van der Waals surface area (Å²) in [5, 5.41) is 11.4. The van der Waals surface area contributed by atoms with E-state index in [1.165, 1.54) is 12.1 Å². The van der Waals surface area contributed by atoms with Gasteiger partial charge in [-0.15, -0.1) is 0 Å². The van der Waals surface area contributed by atoms with Gasteiger partial charge in [0, 0.05) is 5.69 Å². The number of benzene rings is 2. The Balaban J connectivity index is 1.91. The summed E-state index contributed by atoms with van der Waals surface area (Å²) in [6.45, 7) is -0.259. The summed E-state index contributed by atoms with van der Waals surface area (Å²) >= 11 is 5.78. The number of amides is 1. The molecule has 0 aromatic heterocycles. The number of carbonyl (C=O) groups excluding carboxylic acids is 1. The van der Waals surface area contributed by atoms with Gasteiger partial charge in [-0.1, -0.05) is 11.6 Å². The Morgan fingerprint density at radius 2 is 2.00 bits per heavy atom. The molecule has 0 unspecified atom stereocenters. The number of hydrogen-bond donors (Lipinski definition) is 1. The second-order valence-electron chi connectivity index (χ2n) is 4.10. The van der Waals surface area contributed by atoms with Crippen molar-refractivity contribution in [1.29, 1.82) is 5.26 Å². The van der Waals surface area contributed by atoms with Crippen molar-refractivity contribution in [3.63, 3.8) is 0 Å². The van der Waals surface area contributed by atoms with Gasteiger partial charge >= 0.3 is 0 Å². The van der Waals surface area contributed by atoms with Crippen molar-refractivity contribution < 1.29 is 13.9 Å². The highest BCUT2D eigenvalue weighted by molar-refractivity contribution is 6.32. The fourth-order valence-corrected chi connectivity index (χ4v) is 1.78. The van der Waals surface area contributed by atoms with Crippen molar-refractivity contribution >= 4 is 23.2 Å². The fourth-order valence-electron chi connectivity index (χ4n) is 1.56. The molecule has 21 heavy (non-hydrogen) atoms. The maximum absolute atomic E-state index is 12.9. The lowest BCUT2D eigenvalue weighted by Gasteiger charge is -2.08. The third-order valence-electron chi connectivity index (χ3n) is 2.55. The highest BCUT2D eigenvalue weighted by atomic mass is 35.5. The predicted molar refractivity (Wildman–Crippen MR) is 76.7 cm³/mol. The smallest absolute Gasteiger partial charge is 0.262 e. The quantitative estimate of drug-likeness (QED) is 0.942. The highest BCUT2D eigenvalue weighted by Gasteiger charge is 2.07. The minimum absolute atomic E-state index is 0.0983. The molecule has 6 heteroatoms. The molecule has 0 aliphatic rings. The third kappa shape index (κ3) is 4.20. The van der Waals surface area contributed by atoms with Gasteiger partial charge in [-0.25, -0.2) is 4.39 Å². The molecule has 1 N–H and O–H groups in total. The van der Waals surface area contributed by atoms with Gasteiger partial charge in [0.1, 0.15) is 11.6 Å². The van der Waals surface area contributed by atoms with E-state index in [0.717, 1.165) is 6.07 Å². The molecule has 0 aliphatic heterocycles. The summed E-state index contributed by atoms with van der Waals surface area (Å²) < 4.78 is 18.1. The molecule has 0 aliphatic carbocycles. The van der Waals surface area contributed by atoms with E-state index in [4.69, 9.17) is 21.6 Å². The van der Waals surface area contributed by atoms with E-state index >= 15 is 0 Å². The van der Waals surface area contributed by atoms with Crippen LogP contribution < -0.4 is 10.1 Å². The summed E-state index contributed by atoms with van der Waals surface area (Å²) in [5.41, 5.74) is 1.05. The lowest BCUT2D eigenvalue weighted by molar-refractivity contribution is -0.118. The Labute approximate surface area is 125 Å². The zero-order valence-corrected chi connectivity index (χ0v) is 11.5. The summed E-state index contributed by atoms with van der Waals surface area (Å²) in [5.74, 6) is -0.637. The number of nitriles is 1. The molecule has 0 saturated heterocycles. The van der Waals surface area contributed by atoms with Gasteiger partial charge in [-0.05, 0) is 42.5 Å². The zero-order valence-electron chi connectivity index (χ0n) is 10.8. The van der Waals surface area contributed by atoms with E-state index in [1.807, 2.05) is 6.07 Å². The number of carbonyl (C=O) groups is 1. The highest BCUT2D eigenvalue weighted by Crippen LogP contribution is 2.24. The molecule has 0 heterocycles. The normalized spacial score (nSPS) is 9.76. The average molecular weight is 305 g/mol. The molecule has 2 aromatic carbocycles. The average Bonchev–Trinajstić information content (AvgIpc) is 2.47. The van der Waals surface area contributed by atoms with Crippen molar-refractivity contribution in [2.75, 3.05) is 11.9 Å². The minimum atomic E-state index is -0.477. The molecule has 0 atom stereocenters. The molecule has 0 fully saturated rings. The Morgan fingerprint density at radius 1 is 1.29 bits per heavy atom. The number of anilines is 1. The van der Waals surface area contributed by atoms with E-state index in [2.05, 4.69) is 5.32 Å². The minimum Gasteiger partial charge on any atom is -0.482 e. The van der Waals surface area contributed by atoms with Gasteiger partial charge in [0.05, 0.1) is 16.7 Å². The molecule has 0 spiro atoms. The first-order valence-corrected chi connectivity index (χ1v) is 6.34. The monoisotopic (exact) mass is 304 g/mol. The van der Waals surface area contributed by atoms with Crippen LogP contribution in [0, 0.1) is 17.1 Å². The van der Waals surface area contributed by atoms with Gasteiger partial charge in [0.15, 0.2) is 6.61 Å². The lowest BCUT2D eigenvalue weighted by Crippen LogP contribution is -2.20. The summed E-state index contributed by atoms with van der Waals surface area (Å²) in [7, 11) is 0. The van der Waals surface area contributed by atoms with E-state index in [1.54, 1.807) is 24.3 Å². The van der Waals surface area contributed by atoms with Gasteiger partial charge < -0.3 is 10.1 Å². The Bertz CT molecular complexity index is 696. The first kappa shape index (κ1) is 14.8. The van der Waals surface area contributed by atoms with E-state index in [9.17, 15) is 9.18 Å². The largest absolute Gasteiger partial charge is 0.482 e. The van der Waals surface area contributed by atoms with Crippen molar-refractivity contribution in [2.45, 2.75) is 0 Å². The molecule has 106 valence electrons. The summed E-state index contributed by atoms with van der Waals surface area (Å²) in [6.07, 6.45) is 0. The number of ether oxygens (including phenoxy) is 1. The molecular formula is C15H10ClFN2O2. The predicted octanol–water partition coefficient (Wildman–Crippen LogP) is 3.37. The SMILES string of the molecule is N#Cc1ccc(NC(=O)COc2ccc(F)cc2Cl)cc1. The van der Waals surface area contributed by atoms with Crippen LogP contribution in [0.25, 0.3) is 0 Å². The second kappa shape index (κ2) is 6.73. The van der Waals surface area contributed by atoms with Crippen molar-refractivity contribution in [2.24, 2.45) is 0 Å². The molecule has 0 radical (unpaired) electrons. The van der Waals surface area contributed by atoms with Crippen molar-refractivity contribution in [3.05, 3.63) is 58.9 Å². The molecule has 2 rings (SSSR count). The van der Waals surface area contributed by atoms with E-state index < -0.39 is 5.82 Å². The number of halogens is 2. The number of nitrogens with one attached hydrogen (secondary N) is 1. The van der Waals surface area contributed by atoms with Crippen LogP contribution in [0.5, 0.6) is 5.75 Å². The van der Waals surface area contributed by atoms with Crippen LogP contribution >= 0.6 is 11.6 Å². The molecule has 1 amide bonds. The number of rotatable bonds is 4. The maximum Gasteiger partial charge on any atom is 0.262 e. The van der Waals surface area contributed by atoms with Crippen LogP contribution in [-0.2, 0) is 4.79 Å². The zero-order chi connectivity index (χ0) is 15.2. The standard InChI is InChI=1S/C15H10ClFN2O2/c16-13-7-11(17)3-6-14(13)21-9-15(20)19-12-4-1-10(8-18)2-5-12/h1-7H,9H2,(H,19,20). The topological polar surface area (TPSA) is 62.1 Å². The Hall–Kier alpha value is -2.58. The van der Waals surface area contributed by atoms with Gasteiger partial charge in [-0.2, -0.15) is 5.26 Å². The number of hydrogen-bond acceptors (Lipinski definition) is 3. The van der Waals surface area contributed by atoms with Crippen LogP contribution in [0.15, 0.2) is 42.5 Å². The summed E-state index contributed by atoms with van der Waals surface area (Å²) in [4.78, 5) is 11.7. The van der Waals surface area contributed by atoms with Gasteiger partial charge in [0.25, 0.3) is 5.91 Å². The fraction of sp³-hybridized carbons (Fsp3) is 0.0667. The second-order valence-corrected chi connectivity index (χ2v) is 4.51. The van der Waals surface area contributed by atoms with Gasteiger partial charge in [0.2, 0.25) is 0 Å².